The van der Waals surface area contributed by atoms with E-state index < -0.39 is 0 Å². The summed E-state index contributed by atoms with van der Waals surface area (Å²) in [4.78, 5) is 18.4. The van der Waals surface area contributed by atoms with Crippen LogP contribution in [0.15, 0.2) is 12.3 Å². The highest BCUT2D eigenvalue weighted by molar-refractivity contribution is 5.95. The molecular weight excluding hydrogens is 254 g/mol. The molecule has 1 aliphatic heterocycles. The van der Waals surface area contributed by atoms with Crippen LogP contribution in [0.3, 0.4) is 0 Å². The molecule has 0 bridgehead atoms. The lowest BCUT2D eigenvalue weighted by Crippen LogP contribution is -2.28. The molecule has 110 valence electrons. The Kier molecular flexibility index (Phi) is 4.16. The minimum Gasteiger partial charge on any atom is -0.465 e. The molecule has 5 heteroatoms. The fraction of sp³-hybridized carbons (Fsp3) is 0.600. The minimum absolute atomic E-state index is 0.330. The van der Waals surface area contributed by atoms with Crippen molar-refractivity contribution in [3.8, 4) is 0 Å². The molecule has 1 aromatic heterocycles. The number of anilines is 2. The first-order chi connectivity index (χ1) is 9.55. The number of hydrogen-bond donors (Lipinski definition) is 1. The van der Waals surface area contributed by atoms with E-state index >= 15 is 0 Å². The first kappa shape index (κ1) is 14.6. The van der Waals surface area contributed by atoms with E-state index in [1.54, 1.807) is 12.3 Å². The second kappa shape index (κ2) is 5.69. The second-order valence-electron chi connectivity index (χ2n) is 5.51. The number of esters is 1. The maximum atomic E-state index is 11.9. The molecule has 0 aliphatic carbocycles. The van der Waals surface area contributed by atoms with E-state index in [2.05, 4.69) is 23.7 Å². The monoisotopic (exact) mass is 277 g/mol. The molecule has 5 nitrogen and oxygen atoms in total. The van der Waals surface area contributed by atoms with E-state index in [9.17, 15) is 4.79 Å². The molecule has 20 heavy (non-hydrogen) atoms. The van der Waals surface area contributed by atoms with Gasteiger partial charge in [-0.2, -0.15) is 0 Å². The third kappa shape index (κ3) is 2.57. The number of carbonyl (C=O) groups excluding carboxylic acids is 1. The van der Waals surface area contributed by atoms with Gasteiger partial charge in [0.2, 0.25) is 0 Å². The van der Waals surface area contributed by atoms with E-state index in [4.69, 9.17) is 10.5 Å². The summed E-state index contributed by atoms with van der Waals surface area (Å²) >= 11 is 0. The molecule has 0 atom stereocenters. The fourth-order valence-electron chi connectivity index (χ4n) is 2.93. The number of ether oxygens (including phenoxy) is 1. The molecule has 1 saturated heterocycles. The van der Waals surface area contributed by atoms with Gasteiger partial charge in [-0.25, -0.2) is 9.78 Å². The molecule has 0 saturated carbocycles. The van der Waals surface area contributed by atoms with Crippen LogP contribution in [0.5, 0.6) is 0 Å². The van der Waals surface area contributed by atoms with Crippen LogP contribution in [0.1, 0.15) is 43.5 Å². The second-order valence-corrected chi connectivity index (χ2v) is 5.51. The van der Waals surface area contributed by atoms with Crippen molar-refractivity contribution < 1.29 is 9.53 Å². The number of nitrogen functional groups attached to an aromatic ring is 1. The molecule has 0 spiro atoms. The number of hydrogen-bond acceptors (Lipinski definition) is 5. The zero-order valence-corrected chi connectivity index (χ0v) is 12.5. The van der Waals surface area contributed by atoms with Gasteiger partial charge >= 0.3 is 5.97 Å². The summed E-state index contributed by atoms with van der Waals surface area (Å²) in [5.41, 5.74) is 7.00. The van der Waals surface area contributed by atoms with Crippen molar-refractivity contribution in [2.75, 3.05) is 30.8 Å². The number of pyridine rings is 1. The Labute approximate surface area is 120 Å². The first-order valence-electron chi connectivity index (χ1n) is 7.14. The summed E-state index contributed by atoms with van der Waals surface area (Å²) in [6.45, 7) is 6.30. The van der Waals surface area contributed by atoms with Crippen molar-refractivity contribution in [1.82, 2.24) is 4.98 Å². The van der Waals surface area contributed by atoms with Crippen LogP contribution in [-0.4, -0.2) is 31.2 Å². The van der Waals surface area contributed by atoms with Crippen LogP contribution in [0.25, 0.3) is 0 Å². The van der Waals surface area contributed by atoms with E-state index in [0.717, 1.165) is 32.4 Å². The number of rotatable bonds is 4. The number of nitrogens with two attached hydrogens (primary N) is 1. The lowest BCUT2D eigenvalue weighted by molar-refractivity contribution is 0.0601. The standard InChI is InChI=1S/C15H23N3O2/c1-4-15(5-2)6-7-18(10-15)13-12(14(19)20-3)8-11(16)9-17-13/h8-9H,4-7,10,16H2,1-3H3. The summed E-state index contributed by atoms with van der Waals surface area (Å²) in [7, 11) is 1.38. The lowest BCUT2D eigenvalue weighted by Gasteiger charge is -2.27. The molecular formula is C15H23N3O2. The predicted octanol–water partition coefficient (Wildman–Crippen LogP) is 2.47. The maximum Gasteiger partial charge on any atom is 0.341 e. The first-order valence-corrected chi connectivity index (χ1v) is 7.14. The van der Waals surface area contributed by atoms with Gasteiger partial charge in [0.25, 0.3) is 0 Å². The molecule has 1 aromatic rings. The highest BCUT2D eigenvalue weighted by Gasteiger charge is 2.36. The van der Waals surface area contributed by atoms with Crippen LogP contribution in [0.2, 0.25) is 0 Å². The van der Waals surface area contributed by atoms with Crippen LogP contribution < -0.4 is 10.6 Å². The zero-order valence-electron chi connectivity index (χ0n) is 12.5. The van der Waals surface area contributed by atoms with Gasteiger partial charge in [-0.05, 0) is 30.7 Å². The highest BCUT2D eigenvalue weighted by atomic mass is 16.5. The molecule has 1 aliphatic rings. The Balaban J connectivity index is 2.32. The summed E-state index contributed by atoms with van der Waals surface area (Å²) in [6.07, 6.45) is 5.01. The van der Waals surface area contributed by atoms with E-state index in [-0.39, 0.29) is 5.97 Å². The Bertz CT molecular complexity index is 498. The smallest absolute Gasteiger partial charge is 0.341 e. The van der Waals surface area contributed by atoms with Crippen molar-refractivity contribution in [1.29, 1.82) is 0 Å². The average molecular weight is 277 g/mol. The number of carbonyl (C=O) groups is 1. The summed E-state index contributed by atoms with van der Waals surface area (Å²) in [6, 6.07) is 1.64. The van der Waals surface area contributed by atoms with Gasteiger partial charge in [0.05, 0.1) is 19.0 Å². The average Bonchev–Trinajstić information content (AvgIpc) is 2.91. The van der Waals surface area contributed by atoms with Gasteiger partial charge in [-0.1, -0.05) is 13.8 Å². The van der Waals surface area contributed by atoms with E-state index in [1.807, 2.05) is 0 Å². The highest BCUT2D eigenvalue weighted by Crippen LogP contribution is 2.39. The number of nitrogens with zero attached hydrogens (tertiary/aromatic N) is 2. The van der Waals surface area contributed by atoms with Crippen molar-refractivity contribution in [2.45, 2.75) is 33.1 Å². The molecule has 0 aromatic carbocycles. The summed E-state index contributed by atoms with van der Waals surface area (Å²) < 4.78 is 4.83. The van der Waals surface area contributed by atoms with Crippen molar-refractivity contribution in [3.05, 3.63) is 17.8 Å². The fourth-order valence-corrected chi connectivity index (χ4v) is 2.93. The van der Waals surface area contributed by atoms with Crippen molar-refractivity contribution in [2.24, 2.45) is 5.41 Å². The van der Waals surface area contributed by atoms with Gasteiger partial charge in [0.1, 0.15) is 11.4 Å². The largest absolute Gasteiger partial charge is 0.465 e. The molecule has 2 rings (SSSR count). The van der Waals surface area contributed by atoms with Gasteiger partial charge in [0, 0.05) is 13.1 Å². The number of methoxy groups -OCH3 is 1. The van der Waals surface area contributed by atoms with Crippen LogP contribution in [0.4, 0.5) is 11.5 Å². The molecule has 2 N–H and O–H groups in total. The van der Waals surface area contributed by atoms with Crippen LogP contribution in [0, 0.1) is 5.41 Å². The molecule has 2 heterocycles. The normalized spacial score (nSPS) is 17.2. The van der Waals surface area contributed by atoms with Crippen LogP contribution in [-0.2, 0) is 4.74 Å². The topological polar surface area (TPSA) is 68.5 Å². The SMILES string of the molecule is CCC1(CC)CCN(c2ncc(N)cc2C(=O)OC)C1. The Morgan fingerprint density at radius 1 is 1.50 bits per heavy atom. The Hall–Kier alpha value is -1.78. The maximum absolute atomic E-state index is 11.9. The van der Waals surface area contributed by atoms with E-state index in [0.29, 0.717) is 22.5 Å². The Morgan fingerprint density at radius 3 is 2.75 bits per heavy atom. The lowest BCUT2D eigenvalue weighted by atomic mass is 9.82. The van der Waals surface area contributed by atoms with Gasteiger partial charge in [0.15, 0.2) is 0 Å². The molecule has 0 amide bonds. The summed E-state index contributed by atoms with van der Waals surface area (Å²) in [5.74, 6) is 0.306. The van der Waals surface area contributed by atoms with Crippen molar-refractivity contribution in [3.63, 3.8) is 0 Å². The molecule has 0 radical (unpaired) electrons. The third-order valence-electron chi connectivity index (χ3n) is 4.53. The van der Waals surface area contributed by atoms with E-state index in [1.165, 1.54) is 7.11 Å². The number of aromatic nitrogens is 1. The Morgan fingerprint density at radius 2 is 2.20 bits per heavy atom. The predicted molar refractivity (Wildman–Crippen MR) is 79.8 cm³/mol. The van der Waals surface area contributed by atoms with Crippen LogP contribution >= 0.6 is 0 Å². The van der Waals surface area contributed by atoms with Gasteiger partial charge in [-0.15, -0.1) is 0 Å². The van der Waals surface area contributed by atoms with Gasteiger partial charge in [-0.3, -0.25) is 0 Å². The molecule has 0 unspecified atom stereocenters. The zero-order chi connectivity index (χ0) is 14.8. The quantitative estimate of drug-likeness (QED) is 0.856. The molecule has 1 fully saturated rings. The third-order valence-corrected chi connectivity index (χ3v) is 4.53. The minimum atomic E-state index is -0.384. The van der Waals surface area contributed by atoms with Gasteiger partial charge < -0.3 is 15.4 Å². The van der Waals surface area contributed by atoms with Crippen molar-refractivity contribution >= 4 is 17.5 Å². The summed E-state index contributed by atoms with van der Waals surface area (Å²) in [5, 5.41) is 0.